The van der Waals surface area contributed by atoms with Crippen LogP contribution in [0.15, 0.2) is 66.8 Å². The zero-order chi connectivity index (χ0) is 16.5. The van der Waals surface area contributed by atoms with Crippen molar-refractivity contribution in [2.75, 3.05) is 5.32 Å². The van der Waals surface area contributed by atoms with Gasteiger partial charge in [-0.3, -0.25) is 10.1 Å². The summed E-state index contributed by atoms with van der Waals surface area (Å²) in [6.45, 7) is 0. The summed E-state index contributed by atoms with van der Waals surface area (Å²) in [4.78, 5) is 17.4. The van der Waals surface area contributed by atoms with E-state index in [4.69, 9.17) is 13.3 Å². The molecule has 1 N–H and O–H groups in total. The standard InChI is InChI=1S/C16H9BrN2O4S/c17-12-6-5-11(23-12)15(20)19-16-18-13(9-3-1-7-21-9)14(24-16)10-4-2-8-22-10/h1-8H,(H,18,19,20). The average Bonchev–Trinajstić information content (AvgIpc) is 3.34. The Morgan fingerprint density at radius 2 is 1.83 bits per heavy atom. The van der Waals surface area contributed by atoms with Crippen LogP contribution in [0.1, 0.15) is 10.6 Å². The molecule has 0 unspecified atom stereocenters. The van der Waals surface area contributed by atoms with Crippen molar-refractivity contribution < 1.29 is 18.0 Å². The van der Waals surface area contributed by atoms with Gasteiger partial charge in [-0.15, -0.1) is 0 Å². The highest BCUT2D eigenvalue weighted by Gasteiger charge is 2.21. The Bertz CT molecular complexity index is 918. The number of hydrogen-bond acceptors (Lipinski definition) is 6. The third kappa shape index (κ3) is 2.81. The molecule has 0 saturated heterocycles. The molecule has 1 amide bonds. The number of aromatic nitrogens is 1. The number of amides is 1. The van der Waals surface area contributed by atoms with E-state index in [1.165, 1.54) is 11.3 Å². The highest BCUT2D eigenvalue weighted by atomic mass is 79.9. The molecule has 120 valence electrons. The lowest BCUT2D eigenvalue weighted by Crippen LogP contribution is -2.10. The van der Waals surface area contributed by atoms with Gasteiger partial charge in [-0.2, -0.15) is 0 Å². The summed E-state index contributed by atoms with van der Waals surface area (Å²) in [6.07, 6.45) is 3.15. The first-order valence-electron chi connectivity index (χ1n) is 6.86. The van der Waals surface area contributed by atoms with Crippen LogP contribution in [0.4, 0.5) is 5.13 Å². The van der Waals surface area contributed by atoms with Crippen molar-refractivity contribution in [3.05, 3.63) is 59.4 Å². The van der Waals surface area contributed by atoms with E-state index in [-0.39, 0.29) is 11.7 Å². The van der Waals surface area contributed by atoms with Gasteiger partial charge in [0.2, 0.25) is 0 Å². The predicted molar refractivity (Wildman–Crippen MR) is 91.9 cm³/mol. The molecule has 0 bridgehead atoms. The highest BCUT2D eigenvalue weighted by molar-refractivity contribution is 9.10. The minimum atomic E-state index is -0.383. The summed E-state index contributed by atoms with van der Waals surface area (Å²) in [7, 11) is 0. The fourth-order valence-corrected chi connectivity index (χ4v) is 3.36. The van der Waals surface area contributed by atoms with Crippen molar-refractivity contribution >= 4 is 38.3 Å². The lowest BCUT2D eigenvalue weighted by atomic mass is 10.2. The Hall–Kier alpha value is -2.58. The van der Waals surface area contributed by atoms with Crippen LogP contribution in [-0.4, -0.2) is 10.9 Å². The van der Waals surface area contributed by atoms with Gasteiger partial charge in [0.05, 0.1) is 12.5 Å². The quantitative estimate of drug-likeness (QED) is 0.500. The maximum absolute atomic E-state index is 12.2. The first kappa shape index (κ1) is 15.0. The minimum absolute atomic E-state index is 0.191. The second kappa shape index (κ2) is 6.14. The second-order valence-corrected chi connectivity index (χ2v) is 6.49. The maximum atomic E-state index is 12.2. The Kier molecular flexibility index (Phi) is 3.83. The van der Waals surface area contributed by atoms with Gasteiger partial charge in [0.1, 0.15) is 16.3 Å². The molecule has 24 heavy (non-hydrogen) atoms. The van der Waals surface area contributed by atoms with Crippen LogP contribution in [0.2, 0.25) is 0 Å². The number of nitrogens with zero attached hydrogens (tertiary/aromatic N) is 1. The van der Waals surface area contributed by atoms with Gasteiger partial charge < -0.3 is 13.3 Å². The van der Waals surface area contributed by atoms with Crippen molar-refractivity contribution in [3.63, 3.8) is 0 Å². The molecular formula is C16H9BrN2O4S. The zero-order valence-electron chi connectivity index (χ0n) is 12.0. The molecular weight excluding hydrogens is 396 g/mol. The molecule has 0 aromatic carbocycles. The van der Waals surface area contributed by atoms with Crippen LogP contribution < -0.4 is 5.32 Å². The number of anilines is 1. The van der Waals surface area contributed by atoms with Crippen molar-refractivity contribution in [2.45, 2.75) is 0 Å². The number of nitrogens with one attached hydrogen (secondary N) is 1. The number of carbonyl (C=O) groups excluding carboxylic acids is 1. The van der Waals surface area contributed by atoms with Gasteiger partial charge in [-0.05, 0) is 52.3 Å². The molecule has 4 aromatic rings. The first-order valence-corrected chi connectivity index (χ1v) is 8.47. The zero-order valence-corrected chi connectivity index (χ0v) is 14.4. The molecule has 0 fully saturated rings. The topological polar surface area (TPSA) is 81.4 Å². The third-order valence-electron chi connectivity index (χ3n) is 3.14. The smallest absolute Gasteiger partial charge is 0.293 e. The molecule has 4 rings (SSSR count). The normalized spacial score (nSPS) is 10.9. The Morgan fingerprint density at radius 3 is 2.46 bits per heavy atom. The van der Waals surface area contributed by atoms with Crippen molar-refractivity contribution in [2.24, 2.45) is 0 Å². The van der Waals surface area contributed by atoms with E-state index in [1.54, 1.807) is 42.9 Å². The van der Waals surface area contributed by atoms with Crippen LogP contribution in [-0.2, 0) is 0 Å². The molecule has 0 atom stereocenters. The predicted octanol–water partition coefficient (Wildman–Crippen LogP) is 5.27. The lowest BCUT2D eigenvalue weighted by Gasteiger charge is -1.96. The Morgan fingerprint density at radius 1 is 1.08 bits per heavy atom. The third-order valence-corrected chi connectivity index (χ3v) is 4.56. The number of hydrogen-bond donors (Lipinski definition) is 1. The Labute approximate surface area is 148 Å². The molecule has 0 spiro atoms. The lowest BCUT2D eigenvalue weighted by molar-refractivity contribution is 0.0995. The van der Waals surface area contributed by atoms with E-state index in [1.807, 2.05) is 6.07 Å². The molecule has 0 radical (unpaired) electrons. The van der Waals surface area contributed by atoms with Gasteiger partial charge >= 0.3 is 0 Å². The fraction of sp³-hybridized carbons (Fsp3) is 0. The highest BCUT2D eigenvalue weighted by Crippen LogP contribution is 2.39. The van der Waals surface area contributed by atoms with Crippen LogP contribution >= 0.6 is 27.3 Å². The summed E-state index contributed by atoms with van der Waals surface area (Å²) in [6, 6.07) is 10.4. The van der Waals surface area contributed by atoms with Gasteiger partial charge in [0.15, 0.2) is 21.3 Å². The van der Waals surface area contributed by atoms with E-state index in [0.717, 1.165) is 4.88 Å². The fourth-order valence-electron chi connectivity index (χ4n) is 2.12. The van der Waals surface area contributed by atoms with Crippen LogP contribution in [0.25, 0.3) is 22.1 Å². The number of halogens is 1. The summed E-state index contributed by atoms with van der Waals surface area (Å²) >= 11 is 4.46. The summed E-state index contributed by atoms with van der Waals surface area (Å²) < 4.78 is 16.6. The maximum Gasteiger partial charge on any atom is 0.293 e. The second-order valence-electron chi connectivity index (χ2n) is 4.71. The van der Waals surface area contributed by atoms with Crippen LogP contribution in [0.3, 0.4) is 0 Å². The van der Waals surface area contributed by atoms with E-state index in [0.29, 0.717) is 27.0 Å². The van der Waals surface area contributed by atoms with Crippen molar-refractivity contribution in [1.82, 2.24) is 4.98 Å². The monoisotopic (exact) mass is 404 g/mol. The largest absolute Gasteiger partial charge is 0.463 e. The minimum Gasteiger partial charge on any atom is -0.463 e. The SMILES string of the molecule is O=C(Nc1nc(-c2ccco2)c(-c2ccco2)s1)c1ccc(Br)o1. The summed E-state index contributed by atoms with van der Waals surface area (Å²) in [5.74, 6) is 1.06. The van der Waals surface area contributed by atoms with Crippen LogP contribution in [0.5, 0.6) is 0 Å². The van der Waals surface area contributed by atoms with Crippen LogP contribution in [0, 0.1) is 0 Å². The molecule has 8 heteroatoms. The summed E-state index contributed by atoms with van der Waals surface area (Å²) in [5, 5.41) is 3.15. The molecule has 6 nitrogen and oxygen atoms in total. The van der Waals surface area contributed by atoms with Gasteiger partial charge in [0.25, 0.3) is 5.91 Å². The van der Waals surface area contributed by atoms with Crippen molar-refractivity contribution in [3.8, 4) is 22.1 Å². The molecule has 4 heterocycles. The molecule has 0 saturated carbocycles. The van der Waals surface area contributed by atoms with E-state index in [2.05, 4.69) is 26.2 Å². The first-order chi connectivity index (χ1) is 11.7. The molecule has 4 aromatic heterocycles. The van der Waals surface area contributed by atoms with Gasteiger partial charge in [-0.1, -0.05) is 11.3 Å². The van der Waals surface area contributed by atoms with Gasteiger partial charge in [0, 0.05) is 0 Å². The van der Waals surface area contributed by atoms with E-state index < -0.39 is 0 Å². The number of furan rings is 3. The summed E-state index contributed by atoms with van der Waals surface area (Å²) in [5.41, 5.74) is 0.607. The Balaban J connectivity index is 1.69. The molecule has 0 aliphatic carbocycles. The molecule has 0 aliphatic heterocycles. The van der Waals surface area contributed by atoms with E-state index in [9.17, 15) is 4.79 Å². The average molecular weight is 405 g/mol. The number of rotatable bonds is 4. The number of thiazole rings is 1. The molecule has 0 aliphatic rings. The van der Waals surface area contributed by atoms with E-state index >= 15 is 0 Å². The van der Waals surface area contributed by atoms with Crippen molar-refractivity contribution in [1.29, 1.82) is 0 Å². The number of carbonyl (C=O) groups is 1. The van der Waals surface area contributed by atoms with Gasteiger partial charge in [-0.25, -0.2) is 4.98 Å².